The van der Waals surface area contributed by atoms with Gasteiger partial charge in [0.05, 0.1) is 24.0 Å². The highest BCUT2D eigenvalue weighted by atomic mass is 19.2. The van der Waals surface area contributed by atoms with Crippen molar-refractivity contribution in [3.63, 3.8) is 0 Å². The molecule has 3 nitrogen and oxygen atoms in total. The van der Waals surface area contributed by atoms with Crippen LogP contribution in [0.3, 0.4) is 0 Å². The van der Waals surface area contributed by atoms with Crippen molar-refractivity contribution in [2.75, 3.05) is 23.9 Å². The lowest BCUT2D eigenvalue weighted by Gasteiger charge is -2.45. The van der Waals surface area contributed by atoms with Crippen LogP contribution < -0.4 is 15.0 Å². The SMILES string of the molecule is COc1cccc(CN2c3cc(F)c(F)cc3NCC2(C)C)c1. The van der Waals surface area contributed by atoms with Crippen molar-refractivity contribution >= 4 is 11.4 Å². The fourth-order valence-electron chi connectivity index (χ4n) is 2.89. The van der Waals surface area contributed by atoms with Gasteiger partial charge in [0.15, 0.2) is 11.6 Å². The Labute approximate surface area is 134 Å². The van der Waals surface area contributed by atoms with E-state index in [2.05, 4.69) is 24.1 Å². The maximum absolute atomic E-state index is 13.7. The quantitative estimate of drug-likeness (QED) is 0.918. The average molecular weight is 318 g/mol. The zero-order chi connectivity index (χ0) is 16.6. The predicted octanol–water partition coefficient (Wildman–Crippen LogP) is 4.18. The van der Waals surface area contributed by atoms with Crippen LogP contribution in [0.5, 0.6) is 5.75 Å². The Morgan fingerprint density at radius 2 is 1.91 bits per heavy atom. The number of nitrogens with zero attached hydrogens (tertiary/aromatic N) is 1. The van der Waals surface area contributed by atoms with Crippen molar-refractivity contribution in [2.45, 2.75) is 25.9 Å². The summed E-state index contributed by atoms with van der Waals surface area (Å²) in [5.74, 6) is -0.892. The first-order valence-corrected chi connectivity index (χ1v) is 7.54. The minimum atomic E-state index is -0.836. The van der Waals surface area contributed by atoms with Crippen LogP contribution in [-0.4, -0.2) is 19.2 Å². The molecule has 1 heterocycles. The standard InChI is InChI=1S/C18H20F2N2O/c1-18(2)11-21-16-8-14(19)15(20)9-17(16)22(18)10-12-5-4-6-13(7-12)23-3/h4-9,21H,10-11H2,1-3H3. The summed E-state index contributed by atoms with van der Waals surface area (Å²) in [6, 6.07) is 10.3. The van der Waals surface area contributed by atoms with Crippen molar-refractivity contribution in [1.29, 1.82) is 0 Å². The second-order valence-corrected chi connectivity index (χ2v) is 6.39. The Bertz CT molecular complexity index is 731. The molecule has 0 atom stereocenters. The monoisotopic (exact) mass is 318 g/mol. The van der Waals surface area contributed by atoms with Crippen LogP contribution in [0.2, 0.25) is 0 Å². The number of fused-ring (bicyclic) bond motifs is 1. The van der Waals surface area contributed by atoms with E-state index in [-0.39, 0.29) is 5.54 Å². The minimum absolute atomic E-state index is 0.236. The molecule has 0 saturated heterocycles. The lowest BCUT2D eigenvalue weighted by Crippen LogP contribution is -2.51. The van der Waals surface area contributed by atoms with E-state index in [0.717, 1.165) is 11.3 Å². The smallest absolute Gasteiger partial charge is 0.161 e. The Kier molecular flexibility index (Phi) is 3.88. The molecule has 2 aromatic carbocycles. The van der Waals surface area contributed by atoms with Gasteiger partial charge in [-0.05, 0) is 31.5 Å². The predicted molar refractivity (Wildman–Crippen MR) is 88.1 cm³/mol. The molecule has 3 rings (SSSR count). The summed E-state index contributed by atoms with van der Waals surface area (Å²) >= 11 is 0. The van der Waals surface area contributed by atoms with Crippen molar-refractivity contribution in [1.82, 2.24) is 0 Å². The normalized spacial score (nSPS) is 15.8. The molecular formula is C18H20F2N2O. The van der Waals surface area contributed by atoms with Crippen LogP contribution >= 0.6 is 0 Å². The Morgan fingerprint density at radius 3 is 2.65 bits per heavy atom. The second kappa shape index (κ2) is 5.72. The van der Waals surface area contributed by atoms with Crippen molar-refractivity contribution in [2.24, 2.45) is 0 Å². The number of hydrogen-bond acceptors (Lipinski definition) is 3. The van der Waals surface area contributed by atoms with Crippen LogP contribution in [0.25, 0.3) is 0 Å². The van der Waals surface area contributed by atoms with E-state index in [1.165, 1.54) is 12.1 Å². The van der Waals surface area contributed by atoms with E-state index in [4.69, 9.17) is 4.74 Å². The van der Waals surface area contributed by atoms with E-state index in [0.29, 0.717) is 24.5 Å². The van der Waals surface area contributed by atoms with Gasteiger partial charge in [0, 0.05) is 25.2 Å². The van der Waals surface area contributed by atoms with Crippen LogP contribution in [0, 0.1) is 11.6 Å². The number of benzene rings is 2. The molecule has 0 unspecified atom stereocenters. The number of ether oxygens (including phenoxy) is 1. The molecule has 23 heavy (non-hydrogen) atoms. The summed E-state index contributed by atoms with van der Waals surface area (Å²) in [5.41, 5.74) is 2.10. The fraction of sp³-hybridized carbons (Fsp3) is 0.333. The number of halogens is 2. The highest BCUT2D eigenvalue weighted by Crippen LogP contribution is 2.38. The number of methoxy groups -OCH3 is 1. The molecule has 1 N–H and O–H groups in total. The third-order valence-corrected chi connectivity index (χ3v) is 4.25. The van der Waals surface area contributed by atoms with Gasteiger partial charge in [-0.3, -0.25) is 0 Å². The molecule has 2 aromatic rings. The van der Waals surface area contributed by atoms with Gasteiger partial charge in [-0.15, -0.1) is 0 Å². The number of hydrogen-bond donors (Lipinski definition) is 1. The topological polar surface area (TPSA) is 24.5 Å². The number of anilines is 2. The number of nitrogens with one attached hydrogen (secondary N) is 1. The van der Waals surface area contributed by atoms with Gasteiger partial charge in [-0.1, -0.05) is 12.1 Å². The molecule has 1 aliphatic rings. The molecule has 0 saturated carbocycles. The second-order valence-electron chi connectivity index (χ2n) is 6.39. The lowest BCUT2D eigenvalue weighted by atomic mass is 9.96. The highest BCUT2D eigenvalue weighted by molar-refractivity contribution is 5.74. The first-order valence-electron chi connectivity index (χ1n) is 7.54. The molecule has 0 bridgehead atoms. The largest absolute Gasteiger partial charge is 0.497 e. The molecule has 5 heteroatoms. The summed E-state index contributed by atoms with van der Waals surface area (Å²) in [6.07, 6.45) is 0. The lowest BCUT2D eigenvalue weighted by molar-refractivity contribution is 0.413. The summed E-state index contributed by atoms with van der Waals surface area (Å²) < 4.78 is 32.5. The third-order valence-electron chi connectivity index (χ3n) is 4.25. The first-order chi connectivity index (χ1) is 10.9. The maximum atomic E-state index is 13.7. The van der Waals surface area contributed by atoms with Crippen LogP contribution in [0.15, 0.2) is 36.4 Å². The zero-order valence-electron chi connectivity index (χ0n) is 13.5. The van der Waals surface area contributed by atoms with Crippen LogP contribution in [-0.2, 0) is 6.54 Å². The first kappa shape index (κ1) is 15.6. The summed E-state index contributed by atoms with van der Waals surface area (Å²) in [6.45, 7) is 5.38. The van der Waals surface area contributed by atoms with Crippen LogP contribution in [0.4, 0.5) is 20.2 Å². The molecule has 0 radical (unpaired) electrons. The Hall–Kier alpha value is -2.30. The van der Waals surface area contributed by atoms with E-state index in [9.17, 15) is 8.78 Å². The molecule has 0 amide bonds. The Balaban J connectivity index is 2.01. The molecule has 0 aliphatic carbocycles. The molecule has 122 valence electrons. The van der Waals surface area contributed by atoms with Gasteiger partial charge in [-0.2, -0.15) is 0 Å². The summed E-state index contributed by atoms with van der Waals surface area (Å²) in [7, 11) is 1.63. The van der Waals surface area contributed by atoms with Gasteiger partial charge in [0.25, 0.3) is 0 Å². The van der Waals surface area contributed by atoms with Gasteiger partial charge in [-0.25, -0.2) is 8.78 Å². The molecule has 0 spiro atoms. The van der Waals surface area contributed by atoms with Crippen molar-refractivity contribution in [3.05, 3.63) is 53.6 Å². The van der Waals surface area contributed by atoms with E-state index < -0.39 is 11.6 Å². The molecule has 1 aliphatic heterocycles. The fourth-order valence-corrected chi connectivity index (χ4v) is 2.89. The van der Waals surface area contributed by atoms with Gasteiger partial charge < -0.3 is 15.0 Å². The molecule has 0 fully saturated rings. The number of rotatable bonds is 3. The Morgan fingerprint density at radius 1 is 1.17 bits per heavy atom. The minimum Gasteiger partial charge on any atom is -0.497 e. The van der Waals surface area contributed by atoms with Gasteiger partial charge in [0.2, 0.25) is 0 Å². The van der Waals surface area contributed by atoms with Crippen LogP contribution in [0.1, 0.15) is 19.4 Å². The zero-order valence-corrected chi connectivity index (χ0v) is 13.5. The van der Waals surface area contributed by atoms with Crippen molar-refractivity contribution in [3.8, 4) is 5.75 Å². The van der Waals surface area contributed by atoms with E-state index >= 15 is 0 Å². The van der Waals surface area contributed by atoms with Crippen molar-refractivity contribution < 1.29 is 13.5 Å². The van der Waals surface area contributed by atoms with Gasteiger partial charge in [0.1, 0.15) is 5.75 Å². The van der Waals surface area contributed by atoms with E-state index in [1.807, 2.05) is 24.3 Å². The summed E-state index contributed by atoms with van der Waals surface area (Å²) in [4.78, 5) is 2.09. The molecule has 0 aromatic heterocycles. The molecular weight excluding hydrogens is 298 g/mol. The summed E-state index contributed by atoms with van der Waals surface area (Å²) in [5, 5.41) is 3.19. The van der Waals surface area contributed by atoms with E-state index in [1.54, 1.807) is 7.11 Å². The highest BCUT2D eigenvalue weighted by Gasteiger charge is 2.33. The third kappa shape index (κ3) is 2.96. The van der Waals surface area contributed by atoms with Gasteiger partial charge >= 0.3 is 0 Å². The maximum Gasteiger partial charge on any atom is 0.161 e. The average Bonchev–Trinajstić information content (AvgIpc) is 2.52.